The van der Waals surface area contributed by atoms with Crippen LogP contribution in [0.1, 0.15) is 94.0 Å². The zero-order valence-corrected chi connectivity index (χ0v) is 25.9. The lowest BCUT2D eigenvalue weighted by molar-refractivity contribution is -0.127. The van der Waals surface area contributed by atoms with Crippen LogP contribution >= 0.6 is 0 Å². The van der Waals surface area contributed by atoms with Gasteiger partial charge in [0, 0.05) is 55.7 Å². The Bertz CT molecular complexity index is 1440. The van der Waals surface area contributed by atoms with Crippen molar-refractivity contribution in [2.75, 3.05) is 13.1 Å². The van der Waals surface area contributed by atoms with E-state index in [-0.39, 0.29) is 29.1 Å². The molecule has 0 N–H and O–H groups in total. The van der Waals surface area contributed by atoms with Gasteiger partial charge in [-0.15, -0.1) is 0 Å². The number of carbonyl (C=O) groups excluding carboxylic acids is 2. The molecule has 0 saturated carbocycles. The number of Topliss-reactive ketones (excluding diaryl/α,β-unsaturated/α-hetero) is 1. The van der Waals surface area contributed by atoms with Gasteiger partial charge in [-0.05, 0) is 69.2 Å². The highest BCUT2D eigenvalue weighted by Gasteiger charge is 2.23. The number of likely N-dealkylation sites (tertiary alicyclic amines) is 1. The van der Waals surface area contributed by atoms with Crippen molar-refractivity contribution in [3.63, 3.8) is 0 Å². The third-order valence-corrected chi connectivity index (χ3v) is 7.79. The predicted molar refractivity (Wildman–Crippen MR) is 165 cm³/mol. The molecule has 3 aromatic rings. The highest BCUT2D eigenvalue weighted by Crippen LogP contribution is 2.28. The van der Waals surface area contributed by atoms with Crippen molar-refractivity contribution >= 4 is 11.7 Å². The number of benzene rings is 2. The molecule has 7 heteroatoms. The van der Waals surface area contributed by atoms with Crippen LogP contribution < -0.4 is 4.74 Å². The van der Waals surface area contributed by atoms with Crippen molar-refractivity contribution in [1.29, 1.82) is 5.26 Å². The van der Waals surface area contributed by atoms with E-state index in [1.807, 2.05) is 25.8 Å². The van der Waals surface area contributed by atoms with Crippen LogP contribution in [0.2, 0.25) is 0 Å². The molecule has 7 nitrogen and oxygen atoms in total. The molecular formula is C35H44N4O3. The van der Waals surface area contributed by atoms with Crippen LogP contribution in [0.25, 0.3) is 11.3 Å². The second-order valence-electron chi connectivity index (χ2n) is 12.8. The molecule has 1 aromatic heterocycles. The molecule has 1 amide bonds. The van der Waals surface area contributed by atoms with Crippen molar-refractivity contribution in [2.24, 2.45) is 13.0 Å². The fourth-order valence-corrected chi connectivity index (χ4v) is 5.76. The predicted octanol–water partition coefficient (Wildman–Crippen LogP) is 6.88. The lowest BCUT2D eigenvalue weighted by Gasteiger charge is -2.20. The monoisotopic (exact) mass is 568 g/mol. The number of nitriles is 1. The molecule has 0 bridgehead atoms. The lowest BCUT2D eigenvalue weighted by Crippen LogP contribution is -2.26. The topological polar surface area (TPSA) is 88.2 Å². The normalized spacial score (nSPS) is 14.3. The highest BCUT2D eigenvalue weighted by atomic mass is 16.5. The Morgan fingerprint density at radius 3 is 2.48 bits per heavy atom. The number of carbonyl (C=O) groups is 2. The maximum absolute atomic E-state index is 13.4. The Balaban J connectivity index is 1.49. The molecule has 1 aliphatic heterocycles. The molecule has 0 unspecified atom stereocenters. The van der Waals surface area contributed by atoms with Crippen molar-refractivity contribution in [2.45, 2.75) is 84.7 Å². The number of hydrogen-bond donors (Lipinski definition) is 0. The number of amides is 1. The Morgan fingerprint density at radius 1 is 1.14 bits per heavy atom. The van der Waals surface area contributed by atoms with Crippen LogP contribution in [0, 0.1) is 17.2 Å². The van der Waals surface area contributed by atoms with Crippen LogP contribution in [-0.4, -0.2) is 45.3 Å². The van der Waals surface area contributed by atoms with Gasteiger partial charge in [0.05, 0.1) is 17.4 Å². The molecule has 1 fully saturated rings. The SMILES string of the molecule is CC(C)Oc1ccc(C(=O)C[C@H](CCCN2CCCC2=O)Cc2ccc(-c3cn(C)c(C(C)(C)C)n3)cc2)cc1C#N. The van der Waals surface area contributed by atoms with E-state index in [0.29, 0.717) is 29.7 Å². The summed E-state index contributed by atoms with van der Waals surface area (Å²) in [4.78, 5) is 32.4. The lowest BCUT2D eigenvalue weighted by atomic mass is 9.88. The van der Waals surface area contributed by atoms with E-state index in [1.54, 1.807) is 18.2 Å². The second-order valence-corrected chi connectivity index (χ2v) is 12.8. The summed E-state index contributed by atoms with van der Waals surface area (Å²) in [6.07, 6.45) is 6.41. The van der Waals surface area contributed by atoms with Gasteiger partial charge in [0.2, 0.25) is 5.91 Å². The highest BCUT2D eigenvalue weighted by molar-refractivity contribution is 5.96. The number of rotatable bonds is 12. The van der Waals surface area contributed by atoms with Crippen molar-refractivity contribution in [1.82, 2.24) is 14.5 Å². The summed E-state index contributed by atoms with van der Waals surface area (Å²) < 4.78 is 7.83. The van der Waals surface area contributed by atoms with Crippen LogP contribution in [0.5, 0.6) is 5.75 Å². The maximum Gasteiger partial charge on any atom is 0.222 e. The molecule has 42 heavy (non-hydrogen) atoms. The van der Waals surface area contributed by atoms with Gasteiger partial charge in [0.25, 0.3) is 0 Å². The standard InChI is InChI=1S/C35H44N4O3/c1-24(2)42-32-16-15-28(21-29(32)22-36)31(40)20-26(9-7-17-39-18-8-10-33(39)41)19-25-11-13-27(14-12-25)30-23-38(6)34(37-30)35(3,4)5/h11-16,21,23-24,26H,7-10,17-20H2,1-6H3/t26-/m1/s1. The summed E-state index contributed by atoms with van der Waals surface area (Å²) in [5.41, 5.74) is 4.05. The fraction of sp³-hybridized carbons (Fsp3) is 0.486. The van der Waals surface area contributed by atoms with Crippen molar-refractivity contribution < 1.29 is 14.3 Å². The summed E-state index contributed by atoms with van der Waals surface area (Å²) in [6.45, 7) is 11.9. The number of aryl methyl sites for hydroxylation is 1. The van der Waals surface area contributed by atoms with Crippen LogP contribution in [0.4, 0.5) is 0 Å². The summed E-state index contributed by atoms with van der Waals surface area (Å²) in [6, 6.07) is 15.8. The fourth-order valence-electron chi connectivity index (χ4n) is 5.76. The first-order valence-electron chi connectivity index (χ1n) is 15.1. The molecule has 1 aliphatic rings. The van der Waals surface area contributed by atoms with E-state index in [2.05, 4.69) is 61.9 Å². The summed E-state index contributed by atoms with van der Waals surface area (Å²) in [5, 5.41) is 9.64. The molecule has 0 spiro atoms. The molecule has 4 rings (SSSR count). The number of imidazole rings is 1. The van der Waals surface area contributed by atoms with E-state index < -0.39 is 0 Å². The minimum Gasteiger partial charge on any atom is -0.490 e. The Kier molecular flexibility index (Phi) is 9.88. The minimum atomic E-state index is -0.0601. The van der Waals surface area contributed by atoms with Crippen LogP contribution in [0.3, 0.4) is 0 Å². The Labute approximate surface area is 250 Å². The molecule has 0 aliphatic carbocycles. The Morgan fingerprint density at radius 2 is 1.88 bits per heavy atom. The molecule has 1 atom stereocenters. The number of aromatic nitrogens is 2. The molecule has 2 aromatic carbocycles. The summed E-state index contributed by atoms with van der Waals surface area (Å²) in [7, 11) is 2.03. The zero-order valence-electron chi connectivity index (χ0n) is 25.9. The largest absolute Gasteiger partial charge is 0.490 e. The maximum atomic E-state index is 13.4. The van der Waals surface area contributed by atoms with Gasteiger partial charge in [-0.2, -0.15) is 5.26 Å². The smallest absolute Gasteiger partial charge is 0.222 e. The molecular weight excluding hydrogens is 524 g/mol. The quantitative estimate of drug-likeness (QED) is 0.222. The number of nitrogens with zero attached hydrogens (tertiary/aromatic N) is 4. The molecule has 2 heterocycles. The van der Waals surface area contributed by atoms with Gasteiger partial charge in [-0.3, -0.25) is 9.59 Å². The number of ether oxygens (including phenoxy) is 1. The van der Waals surface area contributed by atoms with Crippen LogP contribution in [0.15, 0.2) is 48.7 Å². The van der Waals surface area contributed by atoms with Gasteiger partial charge in [-0.25, -0.2) is 4.98 Å². The molecule has 0 radical (unpaired) electrons. The Hall–Kier alpha value is -3.92. The molecule has 222 valence electrons. The number of hydrogen-bond acceptors (Lipinski definition) is 5. The van der Waals surface area contributed by atoms with E-state index in [0.717, 1.165) is 55.9 Å². The van der Waals surface area contributed by atoms with Crippen LogP contribution in [-0.2, 0) is 23.7 Å². The van der Waals surface area contributed by atoms with E-state index >= 15 is 0 Å². The van der Waals surface area contributed by atoms with Gasteiger partial charge < -0.3 is 14.2 Å². The first kappa shape index (κ1) is 31.0. The van der Waals surface area contributed by atoms with E-state index in [4.69, 9.17) is 9.72 Å². The van der Waals surface area contributed by atoms with Crippen molar-refractivity contribution in [3.8, 4) is 23.1 Å². The van der Waals surface area contributed by atoms with Gasteiger partial charge in [0.15, 0.2) is 5.78 Å². The minimum absolute atomic E-state index is 0.0182. The van der Waals surface area contributed by atoms with E-state index in [1.165, 1.54) is 5.56 Å². The average molecular weight is 569 g/mol. The third-order valence-electron chi connectivity index (χ3n) is 7.79. The molecule has 1 saturated heterocycles. The summed E-state index contributed by atoms with van der Waals surface area (Å²) in [5.74, 6) is 1.90. The first-order valence-corrected chi connectivity index (χ1v) is 15.1. The second kappa shape index (κ2) is 13.4. The van der Waals surface area contributed by atoms with Gasteiger partial charge >= 0.3 is 0 Å². The van der Waals surface area contributed by atoms with Gasteiger partial charge in [-0.1, -0.05) is 45.0 Å². The third kappa shape index (κ3) is 7.88. The zero-order chi connectivity index (χ0) is 30.4. The number of ketones is 1. The van der Waals surface area contributed by atoms with Gasteiger partial charge in [0.1, 0.15) is 17.6 Å². The summed E-state index contributed by atoms with van der Waals surface area (Å²) >= 11 is 0. The first-order chi connectivity index (χ1) is 19.9. The average Bonchev–Trinajstić information content (AvgIpc) is 3.54. The van der Waals surface area contributed by atoms with E-state index in [9.17, 15) is 14.9 Å². The van der Waals surface area contributed by atoms with Crippen molar-refractivity contribution in [3.05, 3.63) is 71.2 Å².